The molecule has 0 aliphatic heterocycles. The topological polar surface area (TPSA) is 110 Å². The van der Waals surface area contributed by atoms with Crippen LogP contribution in [0, 0.1) is 58.2 Å². The first-order valence-electron chi connectivity index (χ1n) is 10.2. The zero-order valence-corrected chi connectivity index (χ0v) is 23.8. The molecule has 0 atom stereocenters. The Morgan fingerprint density at radius 2 is 0.566 bits per heavy atom. The minimum absolute atomic E-state index is 0. The van der Waals surface area contributed by atoms with E-state index in [9.17, 15) is 70.2 Å². The van der Waals surface area contributed by atoms with Crippen molar-refractivity contribution in [3.63, 3.8) is 0 Å². The highest BCUT2D eigenvalue weighted by atomic mass is 19.4. The van der Waals surface area contributed by atoms with Gasteiger partial charge in [0.05, 0.1) is 22.3 Å². The molecule has 0 unspecified atom stereocenters. The van der Waals surface area contributed by atoms with Crippen LogP contribution >= 0.6 is 0 Å². The van der Waals surface area contributed by atoms with Crippen LogP contribution in [0.15, 0.2) is 18.2 Å². The minimum Gasteiger partial charge on any atom is -0.512 e. The Morgan fingerprint density at radius 1 is 0.377 bits per heavy atom. The second-order valence-corrected chi connectivity index (χ2v) is 7.42. The van der Waals surface area contributed by atoms with E-state index in [1.807, 2.05) is 0 Å². The highest BCUT2D eigenvalue weighted by molar-refractivity contribution is 6.33. The second kappa shape index (κ2) is 26.4. The number of rotatable bonds is 3. The first-order valence-corrected chi connectivity index (χ1v) is 10.2. The Morgan fingerprint density at radius 3 is 0.736 bits per heavy atom. The summed E-state index contributed by atoms with van der Waals surface area (Å²) in [4.78, 5) is 0. The number of halogens is 25. The van der Waals surface area contributed by atoms with E-state index in [2.05, 4.69) is 4.65 Å². The van der Waals surface area contributed by atoms with Crippen molar-refractivity contribution in [2.24, 2.45) is 0 Å². The number of benzene rings is 3. The molecular formula is C20H17B2F25O6. The minimum atomic E-state index is -5.01. The van der Waals surface area contributed by atoms with Gasteiger partial charge in [0.1, 0.15) is 5.75 Å². The molecule has 0 spiro atoms. The fourth-order valence-electron chi connectivity index (χ4n) is 2.76. The molecule has 3 aromatic carbocycles. The quantitative estimate of drug-likeness (QED) is 0.0939. The molecule has 33 heteroatoms. The van der Waals surface area contributed by atoms with Crippen LogP contribution in [0.5, 0.6) is 5.75 Å². The van der Waals surface area contributed by atoms with E-state index in [-0.39, 0.29) is 60.5 Å². The lowest BCUT2D eigenvalue weighted by Crippen LogP contribution is -2.21. The summed E-state index contributed by atoms with van der Waals surface area (Å²) in [7, 11) is -4.69. The highest BCUT2D eigenvalue weighted by Gasteiger charge is 2.38. The monoisotopic (exact) mass is 850 g/mol. The fraction of sp³-hybridized carbons (Fsp3) is 0.100. The van der Waals surface area contributed by atoms with Gasteiger partial charge in [0.15, 0.2) is 46.5 Å². The molecule has 0 aliphatic rings. The molecule has 6 nitrogen and oxygen atoms in total. The molecule has 0 fully saturated rings. The van der Waals surface area contributed by atoms with Crippen molar-refractivity contribution < 1.29 is 142 Å². The van der Waals surface area contributed by atoms with Crippen LogP contribution in [0.25, 0.3) is 11.1 Å². The molecule has 314 valence electrons. The Labute approximate surface area is 274 Å². The highest BCUT2D eigenvalue weighted by Crippen LogP contribution is 2.39. The lowest BCUT2D eigenvalue weighted by Gasteiger charge is -2.14. The molecule has 0 saturated heterocycles. The van der Waals surface area contributed by atoms with Gasteiger partial charge in [-0.1, -0.05) is 0 Å². The van der Waals surface area contributed by atoms with Crippen LogP contribution in [-0.4, -0.2) is 39.8 Å². The van der Waals surface area contributed by atoms with Gasteiger partial charge in [-0.2, -0.15) is 26.3 Å². The maximum atomic E-state index is 13.4. The Hall–Kier alpha value is -4.36. The average molecular weight is 850 g/mol. The summed E-state index contributed by atoms with van der Waals surface area (Å²) in [6.07, 6.45) is -10.0. The standard InChI is InChI=1S/C12F10.C8H5BF6O3.BH3O3.9FH/c13-3-1(4(14)8(18)11(21)7(3)17)2-5(15)9(19)12(22)10(20)6(2)16;10-7(11,12)4-1-5(8(13,14)15)3-6(2-4)18-9(16)17;2-1(3)4;;;;;;;;;/h;1-3,16-17H;2-4H;9*1H. The smallest absolute Gasteiger partial charge is 0.512 e. The van der Waals surface area contributed by atoms with Crippen LogP contribution in [0.2, 0.25) is 0 Å². The van der Waals surface area contributed by atoms with E-state index in [1.54, 1.807) is 0 Å². The molecular weight excluding hydrogens is 833 g/mol. The van der Waals surface area contributed by atoms with Crippen LogP contribution in [0.1, 0.15) is 11.1 Å². The number of alkyl halides is 6. The summed E-state index contributed by atoms with van der Waals surface area (Å²) < 4.78 is 209. The van der Waals surface area contributed by atoms with Crippen LogP contribution < -0.4 is 4.65 Å². The Kier molecular flexibility index (Phi) is 35.0. The van der Waals surface area contributed by atoms with Gasteiger partial charge in [0.2, 0.25) is 11.6 Å². The van der Waals surface area contributed by atoms with Gasteiger partial charge < -0.3 is 29.8 Å². The molecule has 0 amide bonds. The first kappa shape index (κ1) is 70.3. The van der Waals surface area contributed by atoms with Crippen LogP contribution in [-0.2, 0) is 12.4 Å². The zero-order chi connectivity index (χ0) is 34.6. The van der Waals surface area contributed by atoms with E-state index in [4.69, 9.17) is 25.1 Å². The molecule has 0 aromatic heterocycles. The van der Waals surface area contributed by atoms with Gasteiger partial charge in [0.25, 0.3) is 0 Å². The fourth-order valence-corrected chi connectivity index (χ4v) is 2.76. The van der Waals surface area contributed by atoms with Gasteiger partial charge in [-0.25, -0.2) is 43.9 Å². The summed E-state index contributed by atoms with van der Waals surface area (Å²) in [6.45, 7) is 0. The molecule has 0 bridgehead atoms. The zero-order valence-electron chi connectivity index (χ0n) is 23.8. The lowest BCUT2D eigenvalue weighted by atomic mass is 10.0. The summed E-state index contributed by atoms with van der Waals surface area (Å²) >= 11 is 0. The van der Waals surface area contributed by atoms with Crippen molar-refractivity contribution in [3.8, 4) is 16.9 Å². The normalized spacial score (nSPS) is 9.38. The van der Waals surface area contributed by atoms with Crippen LogP contribution in [0.4, 0.5) is 113 Å². The van der Waals surface area contributed by atoms with E-state index < -0.39 is 113 Å². The van der Waals surface area contributed by atoms with Gasteiger partial charge in [-0.15, -0.1) is 0 Å². The number of hydrogen-bond acceptors (Lipinski definition) is 6. The molecule has 0 heterocycles. The number of hydrogen-bond donors (Lipinski definition) is 5. The molecule has 0 saturated carbocycles. The van der Waals surface area contributed by atoms with E-state index in [0.717, 1.165) is 0 Å². The van der Waals surface area contributed by atoms with Crippen molar-refractivity contribution in [3.05, 3.63) is 87.5 Å². The van der Waals surface area contributed by atoms with Gasteiger partial charge in [0, 0.05) is 0 Å². The van der Waals surface area contributed by atoms with E-state index in [0.29, 0.717) is 0 Å². The molecule has 0 radical (unpaired) electrons. The summed E-state index contributed by atoms with van der Waals surface area (Å²) in [5, 5.41) is 38.2. The molecule has 0 aliphatic carbocycles. The van der Waals surface area contributed by atoms with E-state index in [1.165, 1.54) is 0 Å². The third-order valence-electron chi connectivity index (χ3n) is 4.47. The lowest BCUT2D eigenvalue weighted by molar-refractivity contribution is -0.143. The third-order valence-corrected chi connectivity index (χ3v) is 4.47. The predicted molar refractivity (Wildman–Crippen MR) is 134 cm³/mol. The first-order chi connectivity index (χ1) is 19.8. The molecule has 53 heavy (non-hydrogen) atoms. The summed E-state index contributed by atoms with van der Waals surface area (Å²) in [5.74, 6) is -27.6. The molecule has 3 rings (SSSR count). The van der Waals surface area contributed by atoms with Crippen LogP contribution in [0.3, 0.4) is 0 Å². The van der Waals surface area contributed by atoms with Gasteiger partial charge >= 0.3 is 27.0 Å². The van der Waals surface area contributed by atoms with Crippen molar-refractivity contribution >= 4 is 14.6 Å². The van der Waals surface area contributed by atoms with Crippen molar-refractivity contribution in [2.75, 3.05) is 0 Å². The molecule has 3 aromatic rings. The maximum absolute atomic E-state index is 13.4. The van der Waals surface area contributed by atoms with E-state index >= 15 is 0 Å². The Bertz CT molecular complexity index is 1350. The summed E-state index contributed by atoms with van der Waals surface area (Å²) in [5.41, 5.74) is -7.73. The third kappa shape index (κ3) is 17.3. The SMILES string of the molecule is F.F.F.F.F.F.F.F.F.Fc1c(F)c(F)c(-c2c(F)c(F)c(F)c(F)c2F)c(F)c1F.OB(O)O.OB(O)Oc1cc(C(F)(F)F)cc(C(F)(F)F)c1. The average Bonchev–Trinajstić information content (AvgIpc) is 2.89. The second-order valence-electron chi connectivity index (χ2n) is 7.42. The van der Waals surface area contributed by atoms with Crippen molar-refractivity contribution in [1.29, 1.82) is 0 Å². The summed E-state index contributed by atoms with van der Waals surface area (Å²) in [6, 6.07) is 0.361. The van der Waals surface area contributed by atoms with Gasteiger partial charge in [-0.3, -0.25) is 42.3 Å². The molecule has 5 N–H and O–H groups in total. The largest absolute Gasteiger partial charge is 0.707 e. The predicted octanol–water partition coefficient (Wildman–Crippen LogP) is 6.14. The van der Waals surface area contributed by atoms with Crippen molar-refractivity contribution in [2.45, 2.75) is 12.4 Å². The van der Waals surface area contributed by atoms with Crippen molar-refractivity contribution in [1.82, 2.24) is 0 Å². The maximum Gasteiger partial charge on any atom is 0.707 e. The Balaban J connectivity index is -0.0000000828. The van der Waals surface area contributed by atoms with Gasteiger partial charge in [-0.05, 0) is 18.2 Å².